The summed E-state index contributed by atoms with van der Waals surface area (Å²) in [6.45, 7) is 4.75. The van der Waals surface area contributed by atoms with Gasteiger partial charge in [0.2, 0.25) is 0 Å². The predicted octanol–water partition coefficient (Wildman–Crippen LogP) is 3.96. The van der Waals surface area contributed by atoms with E-state index >= 15 is 0 Å². The molecule has 0 spiro atoms. The molecule has 0 unspecified atom stereocenters. The van der Waals surface area contributed by atoms with Crippen LogP contribution in [0.5, 0.6) is 0 Å². The lowest BCUT2D eigenvalue weighted by molar-refractivity contribution is 1.03. The quantitative estimate of drug-likeness (QED) is 0.887. The molecular formula is C14H15ClN2. The molecule has 0 saturated heterocycles. The Hall–Kier alpha value is -1.54. The molecule has 1 aromatic carbocycles. The number of halogens is 1. The lowest BCUT2D eigenvalue weighted by Gasteiger charge is -2.10. The Morgan fingerprint density at radius 3 is 2.65 bits per heavy atom. The van der Waals surface area contributed by atoms with Crippen LogP contribution in [0, 0.1) is 13.8 Å². The van der Waals surface area contributed by atoms with E-state index < -0.39 is 0 Å². The first-order valence-corrected chi connectivity index (χ1v) is 5.95. The fourth-order valence-corrected chi connectivity index (χ4v) is 1.93. The average molecular weight is 247 g/mol. The lowest BCUT2D eigenvalue weighted by atomic mass is 10.2. The van der Waals surface area contributed by atoms with Gasteiger partial charge in [0.15, 0.2) is 0 Å². The van der Waals surface area contributed by atoms with Gasteiger partial charge in [-0.2, -0.15) is 0 Å². The van der Waals surface area contributed by atoms with E-state index in [2.05, 4.69) is 16.4 Å². The minimum atomic E-state index is 0.685. The van der Waals surface area contributed by atoms with Crippen LogP contribution in [0.25, 0.3) is 0 Å². The first-order valence-electron chi connectivity index (χ1n) is 5.57. The molecule has 88 valence electrons. The van der Waals surface area contributed by atoms with Crippen molar-refractivity contribution in [3.8, 4) is 0 Å². The fourth-order valence-electron chi connectivity index (χ4n) is 1.64. The molecule has 0 fully saturated rings. The van der Waals surface area contributed by atoms with E-state index in [1.165, 1.54) is 5.56 Å². The van der Waals surface area contributed by atoms with Gasteiger partial charge < -0.3 is 5.32 Å². The zero-order valence-corrected chi connectivity index (χ0v) is 10.8. The molecule has 0 atom stereocenters. The van der Waals surface area contributed by atoms with Gasteiger partial charge in [0.25, 0.3) is 0 Å². The van der Waals surface area contributed by atoms with E-state index in [1.807, 2.05) is 44.3 Å². The van der Waals surface area contributed by atoms with Gasteiger partial charge in [0.1, 0.15) is 0 Å². The summed E-state index contributed by atoms with van der Waals surface area (Å²) in [6, 6.07) is 9.96. The molecular weight excluding hydrogens is 232 g/mol. The third-order valence-corrected chi connectivity index (χ3v) is 2.96. The number of pyridine rings is 1. The van der Waals surface area contributed by atoms with Gasteiger partial charge in [0, 0.05) is 6.20 Å². The average Bonchev–Trinajstić information content (AvgIpc) is 2.31. The van der Waals surface area contributed by atoms with E-state index in [0.29, 0.717) is 6.54 Å². The van der Waals surface area contributed by atoms with Gasteiger partial charge in [-0.05, 0) is 37.1 Å². The predicted molar refractivity (Wildman–Crippen MR) is 72.5 cm³/mol. The van der Waals surface area contributed by atoms with Crippen molar-refractivity contribution in [1.29, 1.82) is 0 Å². The van der Waals surface area contributed by atoms with Crippen LogP contribution in [0.1, 0.15) is 16.8 Å². The molecule has 17 heavy (non-hydrogen) atoms. The summed E-state index contributed by atoms with van der Waals surface area (Å²) >= 11 is 6.14. The Kier molecular flexibility index (Phi) is 3.64. The molecule has 1 heterocycles. The molecule has 0 bridgehead atoms. The molecule has 0 amide bonds. The number of aryl methyl sites for hydroxylation is 2. The molecule has 0 aliphatic rings. The van der Waals surface area contributed by atoms with Gasteiger partial charge in [-0.15, -0.1) is 0 Å². The molecule has 0 radical (unpaired) electrons. The molecule has 1 N–H and O–H groups in total. The van der Waals surface area contributed by atoms with Gasteiger partial charge in [-0.25, -0.2) is 0 Å². The smallest absolute Gasteiger partial charge is 0.0640 e. The zero-order chi connectivity index (χ0) is 12.3. The highest BCUT2D eigenvalue weighted by molar-refractivity contribution is 6.33. The largest absolute Gasteiger partial charge is 0.378 e. The van der Waals surface area contributed by atoms with Crippen LogP contribution < -0.4 is 5.32 Å². The Labute approximate surface area is 107 Å². The van der Waals surface area contributed by atoms with Crippen molar-refractivity contribution in [1.82, 2.24) is 4.98 Å². The van der Waals surface area contributed by atoms with Crippen LogP contribution in [0.4, 0.5) is 5.69 Å². The highest BCUT2D eigenvalue weighted by atomic mass is 35.5. The van der Waals surface area contributed by atoms with Crippen molar-refractivity contribution in [3.05, 3.63) is 58.4 Å². The van der Waals surface area contributed by atoms with E-state index in [-0.39, 0.29) is 0 Å². The van der Waals surface area contributed by atoms with E-state index in [4.69, 9.17) is 11.6 Å². The van der Waals surface area contributed by atoms with Crippen LogP contribution in [0.15, 0.2) is 36.5 Å². The molecule has 0 saturated carbocycles. The Bertz CT molecular complexity index is 486. The number of aromatic nitrogens is 1. The maximum atomic E-state index is 6.14. The topological polar surface area (TPSA) is 24.9 Å². The second-order valence-electron chi connectivity index (χ2n) is 4.11. The summed E-state index contributed by atoms with van der Waals surface area (Å²) in [5.74, 6) is 0. The standard InChI is InChI=1S/C14H15ClN2/c1-10-6-7-12(16-8-10)9-17-14-11(2)4-3-5-13(14)15/h3-8,17H,9H2,1-2H3. The normalized spacial score (nSPS) is 10.3. The molecule has 2 aromatic rings. The van der Waals surface area contributed by atoms with E-state index in [1.54, 1.807) is 0 Å². The van der Waals surface area contributed by atoms with Crippen molar-refractivity contribution >= 4 is 17.3 Å². The third-order valence-electron chi connectivity index (χ3n) is 2.64. The number of nitrogens with zero attached hydrogens (tertiary/aromatic N) is 1. The fraction of sp³-hybridized carbons (Fsp3) is 0.214. The first kappa shape index (κ1) is 11.9. The summed E-state index contributed by atoms with van der Waals surface area (Å²) in [6.07, 6.45) is 1.87. The SMILES string of the molecule is Cc1ccc(CNc2c(C)cccc2Cl)nc1. The van der Waals surface area contributed by atoms with Crippen molar-refractivity contribution in [2.45, 2.75) is 20.4 Å². The summed E-state index contributed by atoms with van der Waals surface area (Å²) in [7, 11) is 0. The Morgan fingerprint density at radius 2 is 2.00 bits per heavy atom. The van der Waals surface area contributed by atoms with Crippen molar-refractivity contribution < 1.29 is 0 Å². The summed E-state index contributed by atoms with van der Waals surface area (Å²) in [5.41, 5.74) is 4.30. The van der Waals surface area contributed by atoms with Crippen molar-refractivity contribution in [2.24, 2.45) is 0 Å². The monoisotopic (exact) mass is 246 g/mol. The maximum absolute atomic E-state index is 6.14. The van der Waals surface area contributed by atoms with Crippen molar-refractivity contribution in [3.63, 3.8) is 0 Å². The summed E-state index contributed by atoms with van der Waals surface area (Å²) in [5, 5.41) is 4.07. The van der Waals surface area contributed by atoms with Crippen LogP contribution in [-0.2, 0) is 6.54 Å². The molecule has 0 aliphatic heterocycles. The van der Waals surface area contributed by atoms with Crippen LogP contribution in [-0.4, -0.2) is 4.98 Å². The molecule has 1 aromatic heterocycles. The van der Waals surface area contributed by atoms with Gasteiger partial charge >= 0.3 is 0 Å². The number of para-hydroxylation sites is 1. The van der Waals surface area contributed by atoms with Crippen molar-refractivity contribution in [2.75, 3.05) is 5.32 Å². The van der Waals surface area contributed by atoms with Crippen LogP contribution >= 0.6 is 11.6 Å². The first-order chi connectivity index (χ1) is 8.16. The number of rotatable bonds is 3. The molecule has 2 rings (SSSR count). The number of anilines is 1. The highest BCUT2D eigenvalue weighted by Crippen LogP contribution is 2.25. The molecule has 0 aliphatic carbocycles. The second kappa shape index (κ2) is 5.19. The number of benzene rings is 1. The van der Waals surface area contributed by atoms with E-state index in [0.717, 1.165) is 22.0 Å². The van der Waals surface area contributed by atoms with E-state index in [9.17, 15) is 0 Å². The van der Waals surface area contributed by atoms with Crippen LogP contribution in [0.2, 0.25) is 5.02 Å². The zero-order valence-electron chi connectivity index (χ0n) is 10.00. The van der Waals surface area contributed by atoms with Gasteiger partial charge in [0.05, 0.1) is 22.9 Å². The number of hydrogen-bond acceptors (Lipinski definition) is 2. The highest BCUT2D eigenvalue weighted by Gasteiger charge is 2.03. The number of hydrogen-bond donors (Lipinski definition) is 1. The Balaban J connectivity index is 2.10. The second-order valence-corrected chi connectivity index (χ2v) is 4.52. The Morgan fingerprint density at radius 1 is 1.18 bits per heavy atom. The summed E-state index contributed by atoms with van der Waals surface area (Å²) < 4.78 is 0. The number of nitrogens with one attached hydrogen (secondary N) is 1. The maximum Gasteiger partial charge on any atom is 0.0640 e. The molecule has 3 heteroatoms. The van der Waals surface area contributed by atoms with Gasteiger partial charge in [-0.3, -0.25) is 4.98 Å². The third kappa shape index (κ3) is 2.98. The van der Waals surface area contributed by atoms with Crippen LogP contribution in [0.3, 0.4) is 0 Å². The minimum Gasteiger partial charge on any atom is -0.378 e. The van der Waals surface area contributed by atoms with Gasteiger partial charge in [-0.1, -0.05) is 29.8 Å². The lowest BCUT2D eigenvalue weighted by Crippen LogP contribution is -2.03. The summed E-state index contributed by atoms with van der Waals surface area (Å²) in [4.78, 5) is 4.35. The molecule has 2 nitrogen and oxygen atoms in total. The minimum absolute atomic E-state index is 0.685.